The lowest BCUT2D eigenvalue weighted by atomic mass is 10.0. The van der Waals surface area contributed by atoms with Crippen molar-refractivity contribution in [3.05, 3.63) is 35.4 Å². The molecule has 0 radical (unpaired) electrons. The molecule has 0 aliphatic heterocycles. The summed E-state index contributed by atoms with van der Waals surface area (Å²) in [4.78, 5) is 0. The summed E-state index contributed by atoms with van der Waals surface area (Å²) in [7, 11) is 0. The summed E-state index contributed by atoms with van der Waals surface area (Å²) in [6.45, 7) is 0. The molecular weight excluding hydrogens is 176 g/mol. The Morgan fingerprint density at radius 2 is 1.21 bits per heavy atom. The quantitative estimate of drug-likeness (QED) is 0.663. The van der Waals surface area contributed by atoms with Crippen LogP contribution in [0.4, 0.5) is 0 Å². The molecule has 2 nitrogen and oxygen atoms in total. The van der Waals surface area contributed by atoms with Gasteiger partial charge in [0.2, 0.25) is 0 Å². The van der Waals surface area contributed by atoms with E-state index < -0.39 is 0 Å². The van der Waals surface area contributed by atoms with Crippen LogP contribution in [0, 0.1) is 0 Å². The molecule has 0 bridgehead atoms. The molecule has 0 unspecified atom stereocenters. The standard InChI is InChI=1S/C12H10O2/c13-9-5-3-7-1-2-8-4-6-10(14)12(9)11(7)8/h3-6,13-14H,1-2H2. The highest BCUT2D eigenvalue weighted by Crippen LogP contribution is 2.40. The first kappa shape index (κ1) is 7.68. The van der Waals surface area contributed by atoms with Gasteiger partial charge in [-0.25, -0.2) is 0 Å². The molecule has 0 saturated carbocycles. The third-order valence-corrected chi connectivity index (χ3v) is 2.95. The molecule has 0 amide bonds. The van der Waals surface area contributed by atoms with Crippen LogP contribution >= 0.6 is 0 Å². The van der Waals surface area contributed by atoms with Crippen LogP contribution in [0.25, 0.3) is 10.8 Å². The van der Waals surface area contributed by atoms with Gasteiger partial charge in [0.05, 0.1) is 5.39 Å². The van der Waals surface area contributed by atoms with Crippen LogP contribution in [-0.2, 0) is 12.8 Å². The third kappa shape index (κ3) is 0.803. The lowest BCUT2D eigenvalue weighted by Gasteiger charge is -2.05. The maximum Gasteiger partial charge on any atom is 0.127 e. The smallest absolute Gasteiger partial charge is 0.127 e. The molecule has 0 heterocycles. The number of phenols is 2. The van der Waals surface area contributed by atoms with Crippen LogP contribution in [0.1, 0.15) is 11.1 Å². The Labute approximate surface area is 81.4 Å². The van der Waals surface area contributed by atoms with Crippen LogP contribution in [0.5, 0.6) is 11.5 Å². The Morgan fingerprint density at radius 3 is 1.71 bits per heavy atom. The monoisotopic (exact) mass is 186 g/mol. The fraction of sp³-hybridized carbons (Fsp3) is 0.167. The van der Waals surface area contributed by atoms with Gasteiger partial charge in [0.1, 0.15) is 11.5 Å². The van der Waals surface area contributed by atoms with E-state index in [1.54, 1.807) is 12.1 Å². The molecule has 2 N–H and O–H groups in total. The highest BCUT2D eigenvalue weighted by atomic mass is 16.3. The minimum Gasteiger partial charge on any atom is -0.507 e. The summed E-state index contributed by atoms with van der Waals surface area (Å²) in [5.41, 5.74) is 2.45. The zero-order chi connectivity index (χ0) is 9.71. The van der Waals surface area contributed by atoms with Crippen LogP contribution in [0.15, 0.2) is 24.3 Å². The van der Waals surface area contributed by atoms with Gasteiger partial charge < -0.3 is 10.2 Å². The molecule has 1 aliphatic carbocycles. The zero-order valence-corrected chi connectivity index (χ0v) is 7.62. The van der Waals surface area contributed by atoms with E-state index >= 15 is 0 Å². The average molecular weight is 186 g/mol. The summed E-state index contributed by atoms with van der Waals surface area (Å²) in [5, 5.41) is 21.0. The number of phenolic OH excluding ortho intramolecular Hbond substituents is 2. The van der Waals surface area contributed by atoms with Crippen LogP contribution < -0.4 is 0 Å². The van der Waals surface area contributed by atoms with Gasteiger partial charge in [-0.3, -0.25) is 0 Å². The molecule has 2 aromatic carbocycles. The molecule has 0 saturated heterocycles. The second-order valence-corrected chi connectivity index (χ2v) is 3.74. The molecule has 0 aromatic heterocycles. The molecule has 14 heavy (non-hydrogen) atoms. The lowest BCUT2D eigenvalue weighted by molar-refractivity contribution is 0.464. The summed E-state index contributed by atoms with van der Waals surface area (Å²) in [6.07, 6.45) is 2.02. The van der Waals surface area contributed by atoms with E-state index in [2.05, 4.69) is 0 Å². The molecule has 0 fully saturated rings. The minimum absolute atomic E-state index is 0.171. The number of rotatable bonds is 0. The number of hydrogen-bond acceptors (Lipinski definition) is 2. The second kappa shape index (κ2) is 2.41. The number of hydrogen-bond donors (Lipinski definition) is 2. The van der Waals surface area contributed by atoms with E-state index in [1.807, 2.05) is 12.1 Å². The van der Waals surface area contributed by atoms with Gasteiger partial charge in [-0.05, 0) is 41.5 Å². The second-order valence-electron chi connectivity index (χ2n) is 3.74. The molecule has 70 valence electrons. The number of aryl methyl sites for hydroxylation is 2. The Hall–Kier alpha value is -1.70. The average Bonchev–Trinajstić information content (AvgIpc) is 2.58. The fourth-order valence-electron chi connectivity index (χ4n) is 2.29. The van der Waals surface area contributed by atoms with Crippen molar-refractivity contribution >= 4 is 10.8 Å². The van der Waals surface area contributed by atoms with Crippen LogP contribution in [0.2, 0.25) is 0 Å². The maximum atomic E-state index is 9.67. The summed E-state index contributed by atoms with van der Waals surface area (Å²) in [5.74, 6) is 0.343. The number of benzene rings is 2. The van der Waals surface area contributed by atoms with Gasteiger partial charge in [-0.2, -0.15) is 0 Å². The van der Waals surface area contributed by atoms with E-state index in [-0.39, 0.29) is 11.5 Å². The van der Waals surface area contributed by atoms with Crippen molar-refractivity contribution in [1.82, 2.24) is 0 Å². The summed E-state index contributed by atoms with van der Waals surface area (Å²) >= 11 is 0. The van der Waals surface area contributed by atoms with Crippen LogP contribution in [0.3, 0.4) is 0 Å². The predicted molar refractivity (Wildman–Crippen MR) is 54.7 cm³/mol. The summed E-state index contributed by atoms with van der Waals surface area (Å²) in [6, 6.07) is 7.19. The largest absolute Gasteiger partial charge is 0.507 e. The lowest BCUT2D eigenvalue weighted by Crippen LogP contribution is -1.80. The van der Waals surface area contributed by atoms with Gasteiger partial charge in [0.15, 0.2) is 0 Å². The van der Waals surface area contributed by atoms with Gasteiger partial charge in [0, 0.05) is 0 Å². The Bertz CT molecular complexity index is 485. The fourth-order valence-corrected chi connectivity index (χ4v) is 2.29. The molecular formula is C12H10O2. The molecule has 2 heteroatoms. The first-order chi connectivity index (χ1) is 6.77. The van der Waals surface area contributed by atoms with Crippen molar-refractivity contribution in [1.29, 1.82) is 0 Å². The normalized spacial score (nSPS) is 13.7. The molecule has 2 aromatic rings. The summed E-state index contributed by atoms with van der Waals surface area (Å²) < 4.78 is 0. The van der Waals surface area contributed by atoms with Gasteiger partial charge in [-0.1, -0.05) is 12.1 Å². The highest BCUT2D eigenvalue weighted by Gasteiger charge is 2.17. The highest BCUT2D eigenvalue weighted by molar-refractivity contribution is 5.99. The van der Waals surface area contributed by atoms with Crippen molar-refractivity contribution in [2.45, 2.75) is 12.8 Å². The molecule has 0 atom stereocenters. The van der Waals surface area contributed by atoms with E-state index in [9.17, 15) is 10.2 Å². The predicted octanol–water partition coefficient (Wildman–Crippen LogP) is 2.35. The first-order valence-electron chi connectivity index (χ1n) is 4.73. The van der Waals surface area contributed by atoms with E-state index in [4.69, 9.17) is 0 Å². The Morgan fingerprint density at radius 1 is 0.714 bits per heavy atom. The van der Waals surface area contributed by atoms with E-state index in [0.29, 0.717) is 5.39 Å². The van der Waals surface area contributed by atoms with Crippen molar-refractivity contribution in [3.8, 4) is 11.5 Å². The Kier molecular flexibility index (Phi) is 1.32. The van der Waals surface area contributed by atoms with Crippen molar-refractivity contribution in [3.63, 3.8) is 0 Å². The molecule has 1 aliphatic rings. The number of aromatic hydroxyl groups is 2. The van der Waals surface area contributed by atoms with E-state index in [0.717, 1.165) is 18.2 Å². The molecule has 3 rings (SSSR count). The SMILES string of the molecule is Oc1ccc2c3c(ccc(O)c13)CC2. The Balaban J connectivity index is 2.60. The first-order valence-corrected chi connectivity index (χ1v) is 4.73. The van der Waals surface area contributed by atoms with Gasteiger partial charge in [0.25, 0.3) is 0 Å². The van der Waals surface area contributed by atoms with Crippen LogP contribution in [-0.4, -0.2) is 10.2 Å². The molecule has 0 spiro atoms. The topological polar surface area (TPSA) is 40.5 Å². The van der Waals surface area contributed by atoms with E-state index in [1.165, 1.54) is 11.1 Å². The minimum atomic E-state index is 0.171. The van der Waals surface area contributed by atoms with Gasteiger partial charge >= 0.3 is 0 Å². The van der Waals surface area contributed by atoms with Crippen molar-refractivity contribution < 1.29 is 10.2 Å². The van der Waals surface area contributed by atoms with Gasteiger partial charge in [-0.15, -0.1) is 0 Å². The van der Waals surface area contributed by atoms with Crippen molar-refractivity contribution in [2.24, 2.45) is 0 Å². The van der Waals surface area contributed by atoms with Crippen molar-refractivity contribution in [2.75, 3.05) is 0 Å². The maximum absolute atomic E-state index is 9.67. The third-order valence-electron chi connectivity index (χ3n) is 2.95. The zero-order valence-electron chi connectivity index (χ0n) is 7.62.